The van der Waals surface area contributed by atoms with Crippen molar-refractivity contribution in [3.63, 3.8) is 0 Å². The first-order valence-corrected chi connectivity index (χ1v) is 4.01. The summed E-state index contributed by atoms with van der Waals surface area (Å²) in [4.78, 5) is 15.2. The van der Waals surface area contributed by atoms with Gasteiger partial charge in [0.1, 0.15) is 4.88 Å². The van der Waals surface area contributed by atoms with Gasteiger partial charge >= 0.3 is 5.97 Å². The summed E-state index contributed by atoms with van der Waals surface area (Å²) in [5, 5.41) is 0. The molecule has 0 bridgehead atoms. The van der Waals surface area contributed by atoms with Crippen LogP contribution in [0.15, 0.2) is 5.51 Å². The van der Waals surface area contributed by atoms with E-state index in [9.17, 15) is 4.79 Å². The van der Waals surface area contributed by atoms with Crippen molar-refractivity contribution >= 4 is 33.6 Å². The SMILES string of the molecule is Cc1ncsc1C(=O)OBr. The second-order valence-electron chi connectivity index (χ2n) is 1.63. The molecule has 0 aliphatic heterocycles. The monoisotopic (exact) mass is 221 g/mol. The predicted molar refractivity (Wildman–Crippen MR) is 41.2 cm³/mol. The third-order valence-electron chi connectivity index (χ3n) is 1.00. The molecule has 0 radical (unpaired) electrons. The molecule has 5 heteroatoms. The molecule has 1 heterocycles. The molecule has 0 aliphatic rings. The lowest BCUT2D eigenvalue weighted by atomic mass is 10.4. The van der Waals surface area contributed by atoms with Crippen LogP contribution < -0.4 is 0 Å². The van der Waals surface area contributed by atoms with Gasteiger partial charge in [0.15, 0.2) is 16.3 Å². The van der Waals surface area contributed by atoms with Crippen molar-refractivity contribution in [2.45, 2.75) is 6.92 Å². The zero-order valence-electron chi connectivity index (χ0n) is 5.13. The zero-order valence-corrected chi connectivity index (χ0v) is 7.53. The largest absolute Gasteiger partial charge is 0.379 e. The lowest BCUT2D eigenvalue weighted by Crippen LogP contribution is -1.96. The Balaban J connectivity index is 2.93. The Kier molecular flexibility index (Phi) is 2.39. The molecule has 1 aromatic heterocycles. The summed E-state index contributed by atoms with van der Waals surface area (Å²) in [6.07, 6.45) is 0. The van der Waals surface area contributed by atoms with Gasteiger partial charge in [0.05, 0.1) is 11.2 Å². The molecule has 0 aromatic carbocycles. The Hall–Kier alpha value is -0.420. The molecule has 0 spiro atoms. The van der Waals surface area contributed by atoms with Crippen molar-refractivity contribution in [3.8, 4) is 0 Å². The molecule has 10 heavy (non-hydrogen) atoms. The smallest absolute Gasteiger partial charge is 0.361 e. The van der Waals surface area contributed by atoms with E-state index in [4.69, 9.17) is 0 Å². The van der Waals surface area contributed by atoms with E-state index in [1.165, 1.54) is 11.3 Å². The van der Waals surface area contributed by atoms with Crippen LogP contribution in [-0.2, 0) is 3.83 Å². The first-order valence-electron chi connectivity index (χ1n) is 2.48. The van der Waals surface area contributed by atoms with Crippen molar-refractivity contribution in [1.29, 1.82) is 0 Å². The summed E-state index contributed by atoms with van der Waals surface area (Å²) < 4.78 is 4.32. The second kappa shape index (κ2) is 3.12. The average molecular weight is 222 g/mol. The normalized spacial score (nSPS) is 9.40. The minimum absolute atomic E-state index is 0.389. The first kappa shape index (κ1) is 7.68. The number of carbonyl (C=O) groups excluding carboxylic acids is 1. The van der Waals surface area contributed by atoms with Crippen molar-refractivity contribution < 1.29 is 8.62 Å². The Labute approximate surface area is 70.5 Å². The molecule has 1 rings (SSSR count). The van der Waals surface area contributed by atoms with E-state index in [-0.39, 0.29) is 5.97 Å². The molecule has 54 valence electrons. The lowest BCUT2D eigenvalue weighted by molar-refractivity contribution is 0.0786. The van der Waals surface area contributed by atoms with Crippen molar-refractivity contribution in [2.75, 3.05) is 0 Å². The molecular formula is C5H4BrNO2S. The Morgan fingerprint density at radius 2 is 2.60 bits per heavy atom. The highest BCUT2D eigenvalue weighted by Crippen LogP contribution is 2.14. The van der Waals surface area contributed by atoms with Crippen LogP contribution in [0.3, 0.4) is 0 Å². The molecule has 0 N–H and O–H groups in total. The Bertz CT molecular complexity index is 248. The number of rotatable bonds is 1. The highest BCUT2D eigenvalue weighted by atomic mass is 79.9. The maximum atomic E-state index is 10.8. The van der Waals surface area contributed by atoms with Gasteiger partial charge in [0.2, 0.25) is 0 Å². The van der Waals surface area contributed by atoms with E-state index in [0.717, 1.165) is 0 Å². The summed E-state index contributed by atoms with van der Waals surface area (Å²) in [6, 6.07) is 0. The van der Waals surface area contributed by atoms with Crippen LogP contribution in [0.25, 0.3) is 0 Å². The molecule has 0 saturated carbocycles. The van der Waals surface area contributed by atoms with Gasteiger partial charge in [-0.15, -0.1) is 11.3 Å². The van der Waals surface area contributed by atoms with Gasteiger partial charge in [-0.1, -0.05) is 0 Å². The number of hydrogen-bond acceptors (Lipinski definition) is 4. The number of carbonyl (C=O) groups is 1. The van der Waals surface area contributed by atoms with E-state index in [1.54, 1.807) is 12.4 Å². The van der Waals surface area contributed by atoms with Crippen LogP contribution in [0.5, 0.6) is 0 Å². The van der Waals surface area contributed by atoms with Gasteiger partial charge in [0.25, 0.3) is 0 Å². The predicted octanol–water partition coefficient (Wildman–Crippen LogP) is 1.92. The van der Waals surface area contributed by atoms with Crippen LogP contribution in [0.2, 0.25) is 0 Å². The van der Waals surface area contributed by atoms with E-state index >= 15 is 0 Å². The summed E-state index contributed by atoms with van der Waals surface area (Å²) in [7, 11) is 0. The minimum atomic E-state index is -0.389. The highest BCUT2D eigenvalue weighted by Gasteiger charge is 2.11. The molecule has 0 unspecified atom stereocenters. The molecule has 0 fully saturated rings. The maximum Gasteiger partial charge on any atom is 0.361 e. The fourth-order valence-electron chi connectivity index (χ4n) is 0.533. The lowest BCUT2D eigenvalue weighted by Gasteiger charge is -1.90. The minimum Gasteiger partial charge on any atom is -0.379 e. The number of aromatic nitrogens is 1. The fraction of sp³-hybridized carbons (Fsp3) is 0.200. The van der Waals surface area contributed by atoms with Crippen molar-refractivity contribution in [2.24, 2.45) is 0 Å². The van der Waals surface area contributed by atoms with Gasteiger partial charge in [0, 0.05) is 0 Å². The number of halogens is 1. The van der Waals surface area contributed by atoms with Gasteiger partial charge in [-0.3, -0.25) is 0 Å². The fourth-order valence-corrected chi connectivity index (χ4v) is 1.48. The Morgan fingerprint density at radius 1 is 1.90 bits per heavy atom. The van der Waals surface area contributed by atoms with Crippen LogP contribution in [0.1, 0.15) is 15.4 Å². The molecule has 0 saturated heterocycles. The second-order valence-corrected chi connectivity index (χ2v) is 2.81. The average Bonchev–Trinajstić information content (AvgIpc) is 2.34. The Morgan fingerprint density at radius 3 is 3.00 bits per heavy atom. The maximum absolute atomic E-state index is 10.8. The highest BCUT2D eigenvalue weighted by molar-refractivity contribution is 9.06. The molecule has 0 atom stereocenters. The number of hydrogen-bond donors (Lipinski definition) is 0. The summed E-state index contributed by atoms with van der Waals surface area (Å²) >= 11 is 3.87. The van der Waals surface area contributed by atoms with E-state index in [0.29, 0.717) is 10.6 Å². The number of nitrogens with zero attached hydrogens (tertiary/aromatic N) is 1. The number of thiazole rings is 1. The topological polar surface area (TPSA) is 39.2 Å². The van der Waals surface area contributed by atoms with Crippen molar-refractivity contribution in [3.05, 3.63) is 16.1 Å². The van der Waals surface area contributed by atoms with Crippen LogP contribution in [0, 0.1) is 6.92 Å². The molecule has 1 aromatic rings. The summed E-state index contributed by atoms with van der Waals surface area (Å²) in [5.41, 5.74) is 2.31. The third-order valence-corrected chi connectivity index (χ3v) is 2.20. The molecular weight excluding hydrogens is 218 g/mol. The molecule has 0 amide bonds. The van der Waals surface area contributed by atoms with Crippen LogP contribution >= 0.6 is 27.6 Å². The van der Waals surface area contributed by atoms with Gasteiger partial charge in [-0.05, 0) is 6.92 Å². The summed E-state index contributed by atoms with van der Waals surface area (Å²) in [5.74, 6) is -0.389. The van der Waals surface area contributed by atoms with Crippen LogP contribution in [-0.4, -0.2) is 11.0 Å². The number of aryl methyl sites for hydroxylation is 1. The van der Waals surface area contributed by atoms with Gasteiger partial charge in [-0.25, -0.2) is 9.78 Å². The summed E-state index contributed by atoms with van der Waals surface area (Å²) in [6.45, 7) is 1.76. The quantitative estimate of drug-likeness (QED) is 0.728. The zero-order chi connectivity index (χ0) is 7.56. The van der Waals surface area contributed by atoms with Crippen LogP contribution in [0.4, 0.5) is 0 Å². The molecule has 3 nitrogen and oxygen atoms in total. The van der Waals surface area contributed by atoms with E-state index < -0.39 is 0 Å². The first-order chi connectivity index (χ1) is 4.75. The standard InChI is InChI=1S/C5H4BrNO2S/c1-3-4(5(8)9-6)10-2-7-3/h2H,1H3. The molecule has 0 aliphatic carbocycles. The van der Waals surface area contributed by atoms with E-state index in [2.05, 4.69) is 25.1 Å². The van der Waals surface area contributed by atoms with Gasteiger partial charge in [-0.2, -0.15) is 0 Å². The van der Waals surface area contributed by atoms with E-state index in [1.807, 2.05) is 0 Å². The van der Waals surface area contributed by atoms with Gasteiger partial charge < -0.3 is 3.83 Å². The third kappa shape index (κ3) is 1.35. The van der Waals surface area contributed by atoms with Crippen molar-refractivity contribution in [1.82, 2.24) is 4.98 Å².